The third-order valence-corrected chi connectivity index (χ3v) is 4.48. The summed E-state index contributed by atoms with van der Waals surface area (Å²) in [4.78, 5) is 2.66. The van der Waals surface area contributed by atoms with Crippen LogP contribution in [0.25, 0.3) is 0 Å². The van der Waals surface area contributed by atoms with E-state index < -0.39 is 0 Å². The lowest BCUT2D eigenvalue weighted by atomic mass is 9.79. The fraction of sp³-hybridized carbons (Fsp3) is 1.00. The van der Waals surface area contributed by atoms with Gasteiger partial charge in [-0.3, -0.25) is 0 Å². The number of aliphatic hydroxyl groups excluding tert-OH is 1. The number of nitrogens with zero attached hydrogens (tertiary/aromatic N) is 1. The maximum Gasteiger partial charge on any atom is 0.0471 e. The number of rotatable bonds is 2. The molecule has 1 aliphatic heterocycles. The molecule has 94 valence electrons. The second-order valence-corrected chi connectivity index (χ2v) is 6.26. The fourth-order valence-electron chi connectivity index (χ4n) is 3.78. The summed E-state index contributed by atoms with van der Waals surface area (Å²) < 4.78 is 0. The Kier molecular flexibility index (Phi) is 4.26. The zero-order valence-electron chi connectivity index (χ0n) is 10.9. The zero-order chi connectivity index (χ0) is 11.5. The van der Waals surface area contributed by atoms with Gasteiger partial charge in [0.1, 0.15) is 0 Å². The maximum absolute atomic E-state index is 9.28. The molecule has 1 saturated carbocycles. The third kappa shape index (κ3) is 2.98. The van der Waals surface area contributed by atoms with Gasteiger partial charge in [0.25, 0.3) is 0 Å². The molecule has 0 bridgehead atoms. The number of likely N-dealkylation sites (tertiary alicyclic amines) is 1. The van der Waals surface area contributed by atoms with Crippen molar-refractivity contribution in [3.8, 4) is 0 Å². The molecule has 2 rings (SSSR count). The molecule has 0 aromatic rings. The molecule has 1 N–H and O–H groups in total. The minimum absolute atomic E-state index is 0.383. The number of aliphatic hydroxyl groups is 1. The quantitative estimate of drug-likeness (QED) is 0.780. The normalized spacial score (nSPS) is 42.2. The van der Waals surface area contributed by atoms with E-state index in [4.69, 9.17) is 0 Å². The van der Waals surface area contributed by atoms with Gasteiger partial charge >= 0.3 is 0 Å². The Labute approximate surface area is 100 Å². The second kappa shape index (κ2) is 5.50. The summed E-state index contributed by atoms with van der Waals surface area (Å²) in [5, 5.41) is 9.28. The SMILES string of the molecule is CC1CC(C)CC(N2CCCC(CO)C2)C1. The highest BCUT2D eigenvalue weighted by atomic mass is 16.3. The van der Waals surface area contributed by atoms with Crippen molar-refractivity contribution in [1.82, 2.24) is 4.90 Å². The minimum Gasteiger partial charge on any atom is -0.396 e. The van der Waals surface area contributed by atoms with Crippen molar-refractivity contribution in [2.75, 3.05) is 19.7 Å². The molecule has 0 aromatic heterocycles. The molecule has 16 heavy (non-hydrogen) atoms. The van der Waals surface area contributed by atoms with Crippen molar-refractivity contribution in [1.29, 1.82) is 0 Å². The molecule has 2 nitrogen and oxygen atoms in total. The van der Waals surface area contributed by atoms with Gasteiger partial charge in [-0.15, -0.1) is 0 Å². The zero-order valence-corrected chi connectivity index (χ0v) is 10.9. The average Bonchev–Trinajstić information content (AvgIpc) is 2.28. The predicted molar refractivity (Wildman–Crippen MR) is 67.3 cm³/mol. The molecular weight excluding hydrogens is 198 g/mol. The van der Waals surface area contributed by atoms with Gasteiger partial charge in [0.2, 0.25) is 0 Å². The topological polar surface area (TPSA) is 23.5 Å². The highest BCUT2D eigenvalue weighted by Crippen LogP contribution is 2.33. The number of piperidine rings is 1. The molecule has 0 amide bonds. The van der Waals surface area contributed by atoms with Crippen molar-refractivity contribution in [2.45, 2.75) is 52.0 Å². The lowest BCUT2D eigenvalue weighted by molar-refractivity contribution is 0.0513. The van der Waals surface area contributed by atoms with Crippen LogP contribution in [-0.4, -0.2) is 35.7 Å². The van der Waals surface area contributed by atoms with Gasteiger partial charge in [-0.2, -0.15) is 0 Å². The first-order chi connectivity index (χ1) is 7.69. The van der Waals surface area contributed by atoms with Gasteiger partial charge in [-0.1, -0.05) is 13.8 Å². The van der Waals surface area contributed by atoms with Crippen LogP contribution in [0.2, 0.25) is 0 Å². The van der Waals surface area contributed by atoms with Crippen LogP contribution in [0.5, 0.6) is 0 Å². The van der Waals surface area contributed by atoms with Crippen molar-refractivity contribution < 1.29 is 5.11 Å². The van der Waals surface area contributed by atoms with Crippen LogP contribution in [0.15, 0.2) is 0 Å². The third-order valence-electron chi connectivity index (χ3n) is 4.48. The smallest absolute Gasteiger partial charge is 0.0471 e. The van der Waals surface area contributed by atoms with Gasteiger partial charge in [0, 0.05) is 19.2 Å². The Morgan fingerprint density at radius 2 is 1.81 bits per heavy atom. The molecule has 2 heteroatoms. The monoisotopic (exact) mass is 225 g/mol. The van der Waals surface area contributed by atoms with Crippen molar-refractivity contribution in [2.24, 2.45) is 17.8 Å². The van der Waals surface area contributed by atoms with Crippen LogP contribution in [0, 0.1) is 17.8 Å². The first kappa shape index (κ1) is 12.4. The fourth-order valence-corrected chi connectivity index (χ4v) is 3.78. The number of hydrogen-bond acceptors (Lipinski definition) is 2. The summed E-state index contributed by atoms with van der Waals surface area (Å²) >= 11 is 0. The summed E-state index contributed by atoms with van der Waals surface area (Å²) in [5.74, 6) is 2.33. The first-order valence-corrected chi connectivity index (χ1v) is 7.04. The van der Waals surface area contributed by atoms with E-state index in [0.717, 1.165) is 24.4 Å². The van der Waals surface area contributed by atoms with Crippen LogP contribution in [-0.2, 0) is 0 Å². The van der Waals surface area contributed by atoms with Gasteiger partial charge in [0.05, 0.1) is 0 Å². The summed E-state index contributed by atoms with van der Waals surface area (Å²) in [6.45, 7) is 7.59. The molecule has 1 heterocycles. The molecule has 0 aromatic carbocycles. The highest BCUT2D eigenvalue weighted by Gasteiger charge is 2.31. The molecule has 3 atom stereocenters. The van der Waals surface area contributed by atoms with E-state index in [1.807, 2.05) is 0 Å². The molecule has 2 aliphatic rings. The van der Waals surface area contributed by atoms with E-state index in [2.05, 4.69) is 18.7 Å². The van der Waals surface area contributed by atoms with Gasteiger partial charge < -0.3 is 10.0 Å². The van der Waals surface area contributed by atoms with Gasteiger partial charge in [-0.05, 0) is 56.4 Å². The molecule has 1 saturated heterocycles. The van der Waals surface area contributed by atoms with Crippen molar-refractivity contribution >= 4 is 0 Å². The Hall–Kier alpha value is -0.0800. The van der Waals surface area contributed by atoms with E-state index in [0.29, 0.717) is 12.5 Å². The van der Waals surface area contributed by atoms with E-state index in [1.54, 1.807) is 0 Å². The van der Waals surface area contributed by atoms with Crippen molar-refractivity contribution in [3.05, 3.63) is 0 Å². The average molecular weight is 225 g/mol. The van der Waals surface area contributed by atoms with E-state index in [-0.39, 0.29) is 0 Å². The molecule has 1 aliphatic carbocycles. The Bertz CT molecular complexity index is 209. The molecule has 2 fully saturated rings. The minimum atomic E-state index is 0.383. The molecular formula is C14H27NO. The van der Waals surface area contributed by atoms with Crippen LogP contribution in [0.4, 0.5) is 0 Å². The molecule has 3 unspecified atom stereocenters. The summed E-state index contributed by atoms with van der Waals surface area (Å²) in [6, 6.07) is 0.799. The Morgan fingerprint density at radius 1 is 1.12 bits per heavy atom. The maximum atomic E-state index is 9.28. The van der Waals surface area contributed by atoms with Crippen LogP contribution < -0.4 is 0 Å². The standard InChI is InChI=1S/C14H27NO/c1-11-6-12(2)8-14(7-11)15-5-3-4-13(9-15)10-16/h11-14,16H,3-10H2,1-2H3. The number of hydrogen-bond donors (Lipinski definition) is 1. The van der Waals surface area contributed by atoms with Crippen LogP contribution in [0.3, 0.4) is 0 Å². The van der Waals surface area contributed by atoms with E-state index >= 15 is 0 Å². The van der Waals surface area contributed by atoms with Crippen molar-refractivity contribution in [3.63, 3.8) is 0 Å². The van der Waals surface area contributed by atoms with E-state index in [1.165, 1.54) is 38.6 Å². The Morgan fingerprint density at radius 3 is 2.44 bits per heavy atom. The molecule has 0 spiro atoms. The predicted octanol–water partition coefficient (Wildman–Crippen LogP) is 2.52. The summed E-state index contributed by atoms with van der Waals surface area (Å²) in [7, 11) is 0. The second-order valence-electron chi connectivity index (χ2n) is 6.26. The lowest BCUT2D eigenvalue weighted by Gasteiger charge is -2.42. The summed E-state index contributed by atoms with van der Waals surface area (Å²) in [5.41, 5.74) is 0. The van der Waals surface area contributed by atoms with Gasteiger partial charge in [-0.25, -0.2) is 0 Å². The largest absolute Gasteiger partial charge is 0.396 e. The Balaban J connectivity index is 1.90. The lowest BCUT2D eigenvalue weighted by Crippen LogP contribution is -2.46. The molecule has 0 radical (unpaired) electrons. The highest BCUT2D eigenvalue weighted by molar-refractivity contribution is 4.85. The van der Waals surface area contributed by atoms with E-state index in [9.17, 15) is 5.11 Å². The first-order valence-electron chi connectivity index (χ1n) is 7.04. The summed E-state index contributed by atoms with van der Waals surface area (Å²) in [6.07, 6.45) is 6.67. The van der Waals surface area contributed by atoms with Crippen LogP contribution in [0.1, 0.15) is 46.0 Å². The van der Waals surface area contributed by atoms with Gasteiger partial charge in [0.15, 0.2) is 0 Å². The van der Waals surface area contributed by atoms with Crippen LogP contribution >= 0.6 is 0 Å².